The Morgan fingerprint density at radius 2 is 1.76 bits per heavy atom. The largest absolute Gasteiger partial charge is 0.507 e. The summed E-state index contributed by atoms with van der Waals surface area (Å²) < 4.78 is 43.7. The lowest BCUT2D eigenvalue weighted by atomic mass is 10.0. The van der Waals surface area contributed by atoms with Crippen LogP contribution in [0, 0.1) is 6.92 Å². The van der Waals surface area contributed by atoms with Gasteiger partial charge in [0, 0.05) is 25.6 Å². The van der Waals surface area contributed by atoms with Crippen LogP contribution in [0.5, 0.6) is 5.75 Å². The first-order valence-electron chi connectivity index (χ1n) is 10.4. The van der Waals surface area contributed by atoms with Gasteiger partial charge in [-0.2, -0.15) is 13.2 Å². The number of phenols is 1. The number of unbranched alkanes of at least 4 members (excludes halogenated alkanes) is 1. The summed E-state index contributed by atoms with van der Waals surface area (Å²) in [5.74, 6) is -0.816. The van der Waals surface area contributed by atoms with Gasteiger partial charge in [0.2, 0.25) is 0 Å². The van der Waals surface area contributed by atoms with Crippen molar-refractivity contribution in [3.8, 4) is 17.0 Å². The molecule has 1 heterocycles. The van der Waals surface area contributed by atoms with Gasteiger partial charge in [-0.3, -0.25) is 4.79 Å². The minimum absolute atomic E-state index is 0.0946. The van der Waals surface area contributed by atoms with Crippen molar-refractivity contribution in [1.82, 2.24) is 15.1 Å². The third kappa shape index (κ3) is 7.44. The monoisotopic (exact) mass is 467 g/mol. The molecule has 0 radical (unpaired) electrons. The molecule has 0 spiro atoms. The number of rotatable bonds is 7. The predicted octanol–water partition coefficient (Wildman–Crippen LogP) is 5.40. The molecule has 180 valence electrons. The number of aryl methyl sites for hydroxylation is 1. The highest BCUT2D eigenvalue weighted by atomic mass is 19.4. The number of hydrogen-bond donors (Lipinski definition) is 1. The molecule has 0 aliphatic heterocycles. The highest BCUT2D eigenvalue weighted by Gasteiger charge is 2.31. The van der Waals surface area contributed by atoms with E-state index in [-0.39, 0.29) is 29.2 Å². The van der Waals surface area contributed by atoms with E-state index in [1.807, 2.05) is 0 Å². The molecule has 1 N–H and O–H groups in total. The van der Waals surface area contributed by atoms with E-state index in [1.165, 1.54) is 11.0 Å². The van der Waals surface area contributed by atoms with E-state index in [2.05, 4.69) is 10.2 Å². The molecule has 0 saturated carbocycles. The maximum atomic E-state index is 12.8. The number of halogens is 3. The maximum Gasteiger partial charge on any atom is 0.416 e. The van der Waals surface area contributed by atoms with Gasteiger partial charge >= 0.3 is 12.3 Å². The zero-order valence-corrected chi connectivity index (χ0v) is 19.3. The van der Waals surface area contributed by atoms with Gasteiger partial charge in [0.05, 0.1) is 11.3 Å². The molecule has 0 aliphatic carbocycles. The molecule has 1 aromatic carbocycles. The zero-order valence-electron chi connectivity index (χ0n) is 19.3. The molecule has 1 amide bonds. The first-order chi connectivity index (χ1) is 15.2. The molecular formula is C23H28F3N3O4. The van der Waals surface area contributed by atoms with Crippen LogP contribution in [0.15, 0.2) is 24.3 Å². The minimum Gasteiger partial charge on any atom is -0.507 e. The average Bonchev–Trinajstić information content (AvgIpc) is 2.69. The molecule has 1 aromatic heterocycles. The number of ketones is 1. The summed E-state index contributed by atoms with van der Waals surface area (Å²) in [6, 6.07) is 4.10. The van der Waals surface area contributed by atoms with Crippen molar-refractivity contribution in [3.63, 3.8) is 0 Å². The van der Waals surface area contributed by atoms with Crippen LogP contribution >= 0.6 is 0 Å². The van der Waals surface area contributed by atoms with E-state index >= 15 is 0 Å². The number of hydrogen-bond acceptors (Lipinski definition) is 6. The van der Waals surface area contributed by atoms with Crippen molar-refractivity contribution >= 4 is 11.9 Å². The molecule has 2 aromatic rings. The smallest absolute Gasteiger partial charge is 0.416 e. The number of phenolic OH excluding ortho intramolecular Hbond substituents is 1. The number of alkyl halides is 3. The molecular weight excluding hydrogens is 439 g/mol. The number of amides is 1. The van der Waals surface area contributed by atoms with Crippen LogP contribution in [0.25, 0.3) is 11.3 Å². The van der Waals surface area contributed by atoms with Crippen LogP contribution in [-0.4, -0.2) is 51.3 Å². The van der Waals surface area contributed by atoms with Crippen LogP contribution in [0.4, 0.5) is 18.0 Å². The number of ether oxygens (including phenoxy) is 1. The highest BCUT2D eigenvalue weighted by molar-refractivity contribution is 5.94. The second-order valence-corrected chi connectivity index (χ2v) is 8.77. The Labute approximate surface area is 190 Å². The second-order valence-electron chi connectivity index (χ2n) is 8.77. The van der Waals surface area contributed by atoms with Crippen molar-refractivity contribution in [1.29, 1.82) is 0 Å². The summed E-state index contributed by atoms with van der Waals surface area (Å²) >= 11 is 0. The number of Topliss-reactive ketones (excluding diaryl/α,β-unsaturated/α-hetero) is 1. The lowest BCUT2D eigenvalue weighted by Crippen LogP contribution is -2.34. The Morgan fingerprint density at radius 3 is 2.30 bits per heavy atom. The maximum absolute atomic E-state index is 12.8. The minimum atomic E-state index is -4.57. The summed E-state index contributed by atoms with van der Waals surface area (Å²) in [6.07, 6.45) is -3.70. The van der Waals surface area contributed by atoms with Crippen molar-refractivity contribution in [2.75, 3.05) is 13.6 Å². The van der Waals surface area contributed by atoms with Crippen LogP contribution in [0.1, 0.15) is 61.6 Å². The summed E-state index contributed by atoms with van der Waals surface area (Å²) in [7, 11) is 1.63. The molecule has 33 heavy (non-hydrogen) atoms. The van der Waals surface area contributed by atoms with Gasteiger partial charge in [0.1, 0.15) is 17.0 Å². The quantitative estimate of drug-likeness (QED) is 0.433. The fourth-order valence-electron chi connectivity index (χ4n) is 2.99. The van der Waals surface area contributed by atoms with Crippen LogP contribution in [-0.2, 0) is 10.9 Å². The molecule has 0 atom stereocenters. The van der Waals surface area contributed by atoms with E-state index in [0.29, 0.717) is 31.0 Å². The summed E-state index contributed by atoms with van der Waals surface area (Å²) in [5.41, 5.74) is -0.648. The average molecular weight is 467 g/mol. The molecule has 0 bridgehead atoms. The Morgan fingerprint density at radius 1 is 1.09 bits per heavy atom. The number of benzene rings is 1. The normalized spacial score (nSPS) is 11.9. The second kappa shape index (κ2) is 10.2. The summed E-state index contributed by atoms with van der Waals surface area (Å²) in [4.78, 5) is 25.8. The molecule has 2 rings (SSSR count). The Bertz CT molecular complexity index is 1020. The Kier molecular flexibility index (Phi) is 8.05. The molecule has 10 heteroatoms. The first-order valence-corrected chi connectivity index (χ1v) is 10.4. The molecule has 0 aliphatic rings. The molecule has 0 fully saturated rings. The van der Waals surface area contributed by atoms with Gasteiger partial charge in [0.25, 0.3) is 0 Å². The van der Waals surface area contributed by atoms with Crippen LogP contribution in [0.3, 0.4) is 0 Å². The first kappa shape index (κ1) is 26.1. The van der Waals surface area contributed by atoms with E-state index in [0.717, 1.165) is 12.1 Å². The SMILES string of the molecule is Cc1cc(C(=O)CCCCN(C)C(=O)OC(C)(C)C)nnc1-c1ccc(C(F)(F)F)cc1O. The number of carbonyl (C=O) groups excluding carboxylic acids is 2. The van der Waals surface area contributed by atoms with Crippen molar-refractivity contribution in [2.24, 2.45) is 0 Å². The van der Waals surface area contributed by atoms with E-state index < -0.39 is 29.2 Å². The Hall–Kier alpha value is -3.17. The number of carbonyl (C=O) groups is 2. The molecule has 7 nitrogen and oxygen atoms in total. The molecule has 0 saturated heterocycles. The number of nitrogens with zero attached hydrogens (tertiary/aromatic N) is 3. The lowest BCUT2D eigenvalue weighted by molar-refractivity contribution is -0.137. The standard InChI is InChI=1S/C23H28F3N3O4/c1-14-12-17(18(30)8-6-7-11-29(5)21(32)33-22(2,3)4)27-28-20(14)16-10-9-15(13-19(16)31)23(24,25)26/h9-10,12-13,31H,6-8,11H2,1-5H3. The third-order valence-corrected chi connectivity index (χ3v) is 4.70. The van der Waals surface area contributed by atoms with Gasteiger partial charge in [-0.1, -0.05) is 0 Å². The number of aromatic nitrogens is 2. The van der Waals surface area contributed by atoms with Crippen molar-refractivity contribution in [3.05, 3.63) is 41.1 Å². The van der Waals surface area contributed by atoms with E-state index in [1.54, 1.807) is 34.7 Å². The fourth-order valence-corrected chi connectivity index (χ4v) is 2.99. The third-order valence-electron chi connectivity index (χ3n) is 4.70. The van der Waals surface area contributed by atoms with Crippen LogP contribution < -0.4 is 0 Å². The van der Waals surface area contributed by atoms with Gasteiger partial charge in [-0.15, -0.1) is 10.2 Å². The van der Waals surface area contributed by atoms with Crippen LogP contribution in [0.2, 0.25) is 0 Å². The van der Waals surface area contributed by atoms with Gasteiger partial charge in [-0.25, -0.2) is 4.79 Å². The van der Waals surface area contributed by atoms with Crippen molar-refractivity contribution in [2.45, 2.75) is 58.7 Å². The van der Waals surface area contributed by atoms with E-state index in [4.69, 9.17) is 4.74 Å². The zero-order chi connectivity index (χ0) is 25.0. The molecule has 0 unspecified atom stereocenters. The lowest BCUT2D eigenvalue weighted by Gasteiger charge is -2.24. The van der Waals surface area contributed by atoms with E-state index in [9.17, 15) is 27.9 Å². The highest BCUT2D eigenvalue weighted by Crippen LogP contribution is 2.36. The predicted molar refractivity (Wildman–Crippen MR) is 116 cm³/mol. The Balaban J connectivity index is 1.97. The van der Waals surface area contributed by atoms with Crippen molar-refractivity contribution < 1.29 is 32.6 Å². The topological polar surface area (TPSA) is 92.6 Å². The van der Waals surface area contributed by atoms with Gasteiger partial charge < -0.3 is 14.7 Å². The fraction of sp³-hybridized carbons (Fsp3) is 0.478. The number of aromatic hydroxyl groups is 1. The van der Waals surface area contributed by atoms with Gasteiger partial charge in [0.15, 0.2) is 5.78 Å². The summed E-state index contributed by atoms with van der Waals surface area (Å²) in [6.45, 7) is 7.41. The van der Waals surface area contributed by atoms with Gasteiger partial charge in [-0.05, 0) is 70.4 Å². The summed E-state index contributed by atoms with van der Waals surface area (Å²) in [5, 5.41) is 17.9.